The Labute approximate surface area is 83.3 Å². The van der Waals surface area contributed by atoms with Gasteiger partial charge >= 0.3 is 0 Å². The van der Waals surface area contributed by atoms with Crippen LogP contribution in [0.15, 0.2) is 0 Å². The zero-order valence-corrected chi connectivity index (χ0v) is 9.04. The number of aryl methyl sites for hydroxylation is 1. The summed E-state index contributed by atoms with van der Waals surface area (Å²) in [6.45, 7) is 4.26. The Hall–Kier alpha value is -0.640. The molecule has 5 heteroatoms. The van der Waals surface area contributed by atoms with Gasteiger partial charge in [-0.05, 0) is 17.0 Å². The molecule has 1 unspecified atom stereocenters. The monoisotopic (exact) mass is 202 g/mol. The van der Waals surface area contributed by atoms with Gasteiger partial charge in [0.05, 0.1) is 7.05 Å². The molecule has 1 aromatic rings. The third-order valence-electron chi connectivity index (χ3n) is 2.31. The first-order valence-corrected chi connectivity index (χ1v) is 4.92. The molecule has 74 valence electrons. The maximum absolute atomic E-state index is 5.88. The Morgan fingerprint density at radius 2 is 2.23 bits per heavy atom. The van der Waals surface area contributed by atoms with E-state index < -0.39 is 0 Å². The van der Waals surface area contributed by atoms with E-state index in [0.29, 0.717) is 5.88 Å². The Morgan fingerprint density at radius 3 is 2.62 bits per heavy atom. The highest BCUT2D eigenvalue weighted by Gasteiger charge is 2.23. The molecule has 0 aliphatic carbocycles. The number of rotatable bonds is 4. The molecule has 0 aliphatic rings. The van der Waals surface area contributed by atoms with Gasteiger partial charge in [0.1, 0.15) is 0 Å². The molecule has 0 aliphatic heterocycles. The minimum absolute atomic E-state index is 0.0879. The van der Waals surface area contributed by atoms with E-state index in [-0.39, 0.29) is 5.41 Å². The molecule has 0 bridgehead atoms. The van der Waals surface area contributed by atoms with Crippen LogP contribution in [0.5, 0.6) is 0 Å². The predicted octanol–water partition coefficient (Wildman–Crippen LogP) is 1.41. The molecule has 4 nitrogen and oxygen atoms in total. The lowest BCUT2D eigenvalue weighted by Gasteiger charge is -2.22. The molecule has 0 saturated carbocycles. The first-order valence-electron chi connectivity index (χ1n) is 4.38. The molecule has 0 radical (unpaired) electrons. The topological polar surface area (TPSA) is 43.6 Å². The van der Waals surface area contributed by atoms with Gasteiger partial charge in [0.2, 0.25) is 0 Å². The van der Waals surface area contributed by atoms with Crippen molar-refractivity contribution in [3.8, 4) is 0 Å². The molecule has 1 rings (SSSR count). The Bertz CT molecular complexity index is 267. The number of nitrogens with zero attached hydrogens (tertiary/aromatic N) is 4. The Balaban J connectivity index is 2.67. The molecule has 0 N–H and O–H groups in total. The summed E-state index contributed by atoms with van der Waals surface area (Å²) in [6.07, 6.45) is 1.82. The third-order valence-corrected chi connectivity index (χ3v) is 2.96. The molecule has 13 heavy (non-hydrogen) atoms. The fourth-order valence-corrected chi connectivity index (χ4v) is 1.33. The second kappa shape index (κ2) is 4.05. The van der Waals surface area contributed by atoms with E-state index >= 15 is 0 Å². The minimum Gasteiger partial charge on any atom is -0.167 e. The number of hydrogen-bond acceptors (Lipinski definition) is 3. The van der Waals surface area contributed by atoms with Crippen molar-refractivity contribution in [3.63, 3.8) is 0 Å². The maximum Gasteiger partial charge on any atom is 0.175 e. The molecule has 0 spiro atoms. The van der Waals surface area contributed by atoms with Crippen molar-refractivity contribution in [2.45, 2.75) is 26.7 Å². The first-order chi connectivity index (χ1) is 6.09. The highest BCUT2D eigenvalue weighted by atomic mass is 35.5. The highest BCUT2D eigenvalue weighted by Crippen LogP contribution is 2.26. The molecule has 1 aromatic heterocycles. The van der Waals surface area contributed by atoms with Crippen molar-refractivity contribution in [1.82, 2.24) is 20.2 Å². The zero-order chi connectivity index (χ0) is 9.90. The number of alkyl halides is 1. The van der Waals surface area contributed by atoms with Crippen molar-refractivity contribution in [3.05, 3.63) is 5.82 Å². The van der Waals surface area contributed by atoms with Crippen LogP contribution in [0.2, 0.25) is 0 Å². The molecular formula is C8H15ClN4. The number of halogens is 1. The number of aromatic nitrogens is 4. The van der Waals surface area contributed by atoms with Crippen molar-refractivity contribution in [1.29, 1.82) is 0 Å². The fourth-order valence-electron chi connectivity index (χ4n) is 1.04. The van der Waals surface area contributed by atoms with Crippen molar-refractivity contribution in [2.24, 2.45) is 12.5 Å². The van der Waals surface area contributed by atoms with Crippen LogP contribution in [-0.4, -0.2) is 26.1 Å². The normalized spacial score (nSPS) is 15.7. The fraction of sp³-hybridized carbons (Fsp3) is 0.875. The van der Waals surface area contributed by atoms with Crippen LogP contribution in [0.4, 0.5) is 0 Å². The highest BCUT2D eigenvalue weighted by molar-refractivity contribution is 6.18. The molecular weight excluding hydrogens is 188 g/mol. The minimum atomic E-state index is 0.0879. The summed E-state index contributed by atoms with van der Waals surface area (Å²) in [5, 5.41) is 11.8. The van der Waals surface area contributed by atoms with Crippen molar-refractivity contribution in [2.75, 3.05) is 5.88 Å². The molecule has 0 amide bonds. The van der Waals surface area contributed by atoms with Gasteiger partial charge in [0.15, 0.2) is 5.82 Å². The van der Waals surface area contributed by atoms with Crippen LogP contribution in [0.1, 0.15) is 26.1 Å². The maximum atomic E-state index is 5.88. The van der Waals surface area contributed by atoms with E-state index in [2.05, 4.69) is 29.3 Å². The van der Waals surface area contributed by atoms with Gasteiger partial charge in [-0.15, -0.1) is 21.8 Å². The lowest BCUT2D eigenvalue weighted by molar-refractivity contribution is 0.347. The molecule has 0 saturated heterocycles. The second-order valence-electron chi connectivity index (χ2n) is 3.67. The zero-order valence-electron chi connectivity index (χ0n) is 8.29. The van der Waals surface area contributed by atoms with Crippen molar-refractivity contribution < 1.29 is 0 Å². The van der Waals surface area contributed by atoms with Gasteiger partial charge in [-0.3, -0.25) is 0 Å². The largest absolute Gasteiger partial charge is 0.175 e. The van der Waals surface area contributed by atoms with E-state index in [1.807, 2.05) is 0 Å². The smallest absolute Gasteiger partial charge is 0.167 e. The summed E-state index contributed by atoms with van der Waals surface area (Å²) in [7, 11) is 1.76. The van der Waals surface area contributed by atoms with Crippen molar-refractivity contribution >= 4 is 11.6 Å². The van der Waals surface area contributed by atoms with Gasteiger partial charge < -0.3 is 0 Å². The first kappa shape index (κ1) is 10.4. The summed E-state index contributed by atoms with van der Waals surface area (Å²) in [5.41, 5.74) is 0.0879. The van der Waals surface area contributed by atoms with E-state index in [0.717, 1.165) is 18.7 Å². The summed E-state index contributed by atoms with van der Waals surface area (Å²) in [4.78, 5) is 1.47. The van der Waals surface area contributed by atoms with Crippen LogP contribution in [0.3, 0.4) is 0 Å². The van der Waals surface area contributed by atoms with Crippen LogP contribution in [-0.2, 0) is 13.5 Å². The Kier molecular flexibility index (Phi) is 3.25. The lowest BCUT2D eigenvalue weighted by atomic mass is 9.86. The van der Waals surface area contributed by atoms with Crippen LogP contribution in [0, 0.1) is 5.41 Å². The predicted molar refractivity (Wildman–Crippen MR) is 51.6 cm³/mol. The van der Waals surface area contributed by atoms with Crippen LogP contribution in [0.25, 0.3) is 0 Å². The third kappa shape index (κ3) is 2.66. The van der Waals surface area contributed by atoms with E-state index in [1.165, 1.54) is 4.80 Å². The van der Waals surface area contributed by atoms with E-state index in [9.17, 15) is 0 Å². The summed E-state index contributed by atoms with van der Waals surface area (Å²) in [5.74, 6) is 1.40. The summed E-state index contributed by atoms with van der Waals surface area (Å²) >= 11 is 5.88. The molecule has 0 aromatic carbocycles. The summed E-state index contributed by atoms with van der Waals surface area (Å²) < 4.78 is 0. The number of tetrazole rings is 1. The van der Waals surface area contributed by atoms with Gasteiger partial charge in [-0.25, -0.2) is 0 Å². The van der Waals surface area contributed by atoms with Gasteiger partial charge in [0, 0.05) is 12.3 Å². The summed E-state index contributed by atoms with van der Waals surface area (Å²) in [6, 6.07) is 0. The van der Waals surface area contributed by atoms with E-state index in [4.69, 9.17) is 11.6 Å². The standard InChI is InChI=1S/C8H15ClN4/c1-4-8(2,6-9)5-7-10-12-13(3)11-7/h4-6H2,1-3H3. The van der Waals surface area contributed by atoms with Gasteiger partial charge in [-0.2, -0.15) is 4.80 Å². The molecule has 0 fully saturated rings. The second-order valence-corrected chi connectivity index (χ2v) is 3.94. The number of hydrogen-bond donors (Lipinski definition) is 0. The lowest BCUT2D eigenvalue weighted by Crippen LogP contribution is -2.21. The molecule has 1 heterocycles. The Morgan fingerprint density at radius 1 is 1.54 bits per heavy atom. The SMILES string of the molecule is CCC(C)(CCl)Cc1nnn(C)n1. The average Bonchev–Trinajstić information content (AvgIpc) is 2.51. The van der Waals surface area contributed by atoms with Crippen LogP contribution < -0.4 is 0 Å². The van der Waals surface area contributed by atoms with E-state index in [1.54, 1.807) is 7.05 Å². The quantitative estimate of drug-likeness (QED) is 0.694. The molecule has 1 atom stereocenters. The average molecular weight is 203 g/mol. The van der Waals surface area contributed by atoms with Crippen LogP contribution >= 0.6 is 11.6 Å². The van der Waals surface area contributed by atoms with Gasteiger partial charge in [-0.1, -0.05) is 13.8 Å². The van der Waals surface area contributed by atoms with Gasteiger partial charge in [0.25, 0.3) is 0 Å².